The largest absolute Gasteiger partial charge is 0.378 e. The Bertz CT molecular complexity index is 201. The van der Waals surface area contributed by atoms with E-state index in [-0.39, 0.29) is 5.91 Å². The lowest BCUT2D eigenvalue weighted by Crippen LogP contribution is -2.37. The van der Waals surface area contributed by atoms with Crippen LogP contribution >= 0.6 is 0 Å². The van der Waals surface area contributed by atoms with Crippen LogP contribution < -0.4 is 5.32 Å². The molecule has 0 atom stereocenters. The van der Waals surface area contributed by atoms with Crippen molar-refractivity contribution in [1.29, 1.82) is 0 Å². The molecule has 0 aromatic carbocycles. The number of nitrogens with one attached hydrogen (secondary N) is 1. The van der Waals surface area contributed by atoms with E-state index in [0.717, 1.165) is 25.3 Å². The Balaban J connectivity index is 1.97. The van der Waals surface area contributed by atoms with Gasteiger partial charge in [-0.2, -0.15) is 0 Å². The minimum absolute atomic E-state index is 0.140. The molecule has 0 aromatic rings. The summed E-state index contributed by atoms with van der Waals surface area (Å²) in [6, 6.07) is 0. The molecular formula is C11H22N2O2. The van der Waals surface area contributed by atoms with Crippen LogP contribution in [-0.4, -0.2) is 51.2 Å². The van der Waals surface area contributed by atoms with Gasteiger partial charge in [0.2, 0.25) is 5.91 Å². The van der Waals surface area contributed by atoms with Gasteiger partial charge >= 0.3 is 0 Å². The summed E-state index contributed by atoms with van der Waals surface area (Å²) in [4.78, 5) is 12.8. The van der Waals surface area contributed by atoms with Gasteiger partial charge in [-0.05, 0) is 32.4 Å². The summed E-state index contributed by atoms with van der Waals surface area (Å²) in [5, 5.41) is 3.16. The van der Waals surface area contributed by atoms with Crippen molar-refractivity contribution in [2.24, 2.45) is 5.92 Å². The number of carbonyl (C=O) groups excluding carboxylic acids is 1. The predicted molar refractivity (Wildman–Crippen MR) is 59.7 cm³/mol. The van der Waals surface area contributed by atoms with Gasteiger partial charge in [0.05, 0.1) is 19.1 Å². The molecule has 1 N–H and O–H groups in total. The first-order valence-electron chi connectivity index (χ1n) is 5.59. The Morgan fingerprint density at radius 1 is 1.47 bits per heavy atom. The second kappa shape index (κ2) is 6.08. The molecule has 0 saturated heterocycles. The maximum absolute atomic E-state index is 11.2. The zero-order valence-electron chi connectivity index (χ0n) is 9.95. The van der Waals surface area contributed by atoms with E-state index < -0.39 is 0 Å². The summed E-state index contributed by atoms with van der Waals surface area (Å²) in [5.74, 6) is 0.908. The van der Waals surface area contributed by atoms with Crippen LogP contribution in [0.4, 0.5) is 0 Å². The van der Waals surface area contributed by atoms with Gasteiger partial charge in [-0.3, -0.25) is 4.79 Å². The summed E-state index contributed by atoms with van der Waals surface area (Å²) >= 11 is 0. The Morgan fingerprint density at radius 2 is 2.13 bits per heavy atom. The SMILES string of the molecule is CNCC1CC(OCCC(=O)N(C)C)C1. The van der Waals surface area contributed by atoms with Gasteiger partial charge in [0.15, 0.2) is 0 Å². The van der Waals surface area contributed by atoms with Gasteiger partial charge < -0.3 is 15.0 Å². The lowest BCUT2D eigenvalue weighted by molar-refractivity contribution is -0.131. The first-order chi connectivity index (χ1) is 7.13. The molecule has 0 unspecified atom stereocenters. The zero-order chi connectivity index (χ0) is 11.3. The fraction of sp³-hybridized carbons (Fsp3) is 0.909. The van der Waals surface area contributed by atoms with E-state index in [1.807, 2.05) is 7.05 Å². The van der Waals surface area contributed by atoms with E-state index >= 15 is 0 Å². The first kappa shape index (κ1) is 12.5. The van der Waals surface area contributed by atoms with Gasteiger partial charge in [0, 0.05) is 14.1 Å². The van der Waals surface area contributed by atoms with Crippen molar-refractivity contribution >= 4 is 5.91 Å². The second-order valence-corrected chi connectivity index (χ2v) is 4.43. The van der Waals surface area contributed by atoms with Gasteiger partial charge in [-0.1, -0.05) is 0 Å². The molecule has 15 heavy (non-hydrogen) atoms. The maximum atomic E-state index is 11.2. The lowest BCUT2D eigenvalue weighted by Gasteiger charge is -2.35. The van der Waals surface area contributed by atoms with Crippen molar-refractivity contribution in [1.82, 2.24) is 10.2 Å². The quantitative estimate of drug-likeness (QED) is 0.699. The van der Waals surface area contributed by atoms with Gasteiger partial charge in [0.25, 0.3) is 0 Å². The van der Waals surface area contributed by atoms with E-state index in [0.29, 0.717) is 19.1 Å². The molecular weight excluding hydrogens is 192 g/mol. The van der Waals surface area contributed by atoms with Gasteiger partial charge in [-0.15, -0.1) is 0 Å². The topological polar surface area (TPSA) is 41.6 Å². The monoisotopic (exact) mass is 214 g/mol. The molecule has 1 saturated carbocycles. The summed E-state index contributed by atoms with van der Waals surface area (Å²) in [7, 11) is 5.52. The van der Waals surface area contributed by atoms with Crippen LogP contribution in [0.1, 0.15) is 19.3 Å². The number of nitrogens with zero attached hydrogens (tertiary/aromatic N) is 1. The fourth-order valence-corrected chi connectivity index (χ4v) is 1.80. The van der Waals surface area contributed by atoms with E-state index in [1.165, 1.54) is 0 Å². The van der Waals surface area contributed by atoms with Crippen molar-refractivity contribution < 1.29 is 9.53 Å². The third-order valence-corrected chi connectivity index (χ3v) is 2.85. The van der Waals surface area contributed by atoms with Gasteiger partial charge in [0.1, 0.15) is 0 Å². The molecule has 0 spiro atoms. The number of ether oxygens (including phenoxy) is 1. The van der Waals surface area contributed by atoms with E-state index in [2.05, 4.69) is 5.32 Å². The molecule has 0 aromatic heterocycles. The molecule has 1 fully saturated rings. The lowest BCUT2D eigenvalue weighted by atomic mass is 9.82. The summed E-state index contributed by atoms with van der Waals surface area (Å²) in [6.45, 7) is 1.64. The van der Waals surface area contributed by atoms with Crippen molar-refractivity contribution in [3.8, 4) is 0 Å². The third-order valence-electron chi connectivity index (χ3n) is 2.85. The molecule has 1 aliphatic carbocycles. The molecule has 1 amide bonds. The number of amides is 1. The predicted octanol–water partition coefficient (Wildman–Crippen LogP) is 0.479. The number of carbonyl (C=O) groups is 1. The van der Waals surface area contributed by atoms with Crippen LogP contribution in [-0.2, 0) is 9.53 Å². The molecule has 0 aliphatic heterocycles. The Labute approximate surface area is 92.0 Å². The zero-order valence-corrected chi connectivity index (χ0v) is 9.95. The highest BCUT2D eigenvalue weighted by Crippen LogP contribution is 2.29. The van der Waals surface area contributed by atoms with Crippen LogP contribution in [0.25, 0.3) is 0 Å². The fourth-order valence-electron chi connectivity index (χ4n) is 1.80. The normalized spacial score (nSPS) is 24.7. The molecule has 1 rings (SSSR count). The van der Waals surface area contributed by atoms with Crippen LogP contribution in [0.5, 0.6) is 0 Å². The number of hydrogen-bond donors (Lipinski definition) is 1. The van der Waals surface area contributed by atoms with Crippen LogP contribution in [0.2, 0.25) is 0 Å². The smallest absolute Gasteiger partial charge is 0.224 e. The highest BCUT2D eigenvalue weighted by Gasteiger charge is 2.28. The molecule has 0 heterocycles. The maximum Gasteiger partial charge on any atom is 0.224 e. The average molecular weight is 214 g/mol. The highest BCUT2D eigenvalue weighted by molar-refractivity contribution is 5.75. The number of rotatable bonds is 6. The van der Waals surface area contributed by atoms with Gasteiger partial charge in [-0.25, -0.2) is 0 Å². The molecule has 4 heteroatoms. The average Bonchev–Trinajstić information content (AvgIpc) is 2.13. The van der Waals surface area contributed by atoms with Crippen LogP contribution in [0, 0.1) is 5.92 Å². The minimum atomic E-state index is 0.140. The summed E-state index contributed by atoms with van der Waals surface area (Å²) < 4.78 is 5.60. The standard InChI is InChI=1S/C11H22N2O2/c1-12-8-9-6-10(7-9)15-5-4-11(14)13(2)3/h9-10,12H,4-8H2,1-3H3. The van der Waals surface area contributed by atoms with Crippen LogP contribution in [0.15, 0.2) is 0 Å². The Hall–Kier alpha value is -0.610. The van der Waals surface area contributed by atoms with Crippen molar-refractivity contribution in [2.75, 3.05) is 34.3 Å². The molecule has 1 aliphatic rings. The third kappa shape index (κ3) is 4.18. The highest BCUT2D eigenvalue weighted by atomic mass is 16.5. The van der Waals surface area contributed by atoms with E-state index in [1.54, 1.807) is 19.0 Å². The molecule has 0 bridgehead atoms. The van der Waals surface area contributed by atoms with Crippen molar-refractivity contribution in [3.05, 3.63) is 0 Å². The Kier molecular flexibility index (Phi) is 5.05. The van der Waals surface area contributed by atoms with E-state index in [9.17, 15) is 4.79 Å². The first-order valence-corrected chi connectivity index (χ1v) is 5.59. The summed E-state index contributed by atoms with van der Waals surface area (Å²) in [5.41, 5.74) is 0. The molecule has 88 valence electrons. The minimum Gasteiger partial charge on any atom is -0.378 e. The second-order valence-electron chi connectivity index (χ2n) is 4.43. The molecule has 0 radical (unpaired) electrons. The number of hydrogen-bond acceptors (Lipinski definition) is 3. The van der Waals surface area contributed by atoms with Crippen LogP contribution in [0.3, 0.4) is 0 Å². The molecule has 4 nitrogen and oxygen atoms in total. The van der Waals surface area contributed by atoms with Crippen molar-refractivity contribution in [3.63, 3.8) is 0 Å². The Morgan fingerprint density at radius 3 is 2.67 bits per heavy atom. The summed E-state index contributed by atoms with van der Waals surface area (Å²) in [6.07, 6.45) is 3.16. The van der Waals surface area contributed by atoms with E-state index in [4.69, 9.17) is 4.74 Å². The van der Waals surface area contributed by atoms with Crippen molar-refractivity contribution in [2.45, 2.75) is 25.4 Å².